The van der Waals surface area contributed by atoms with Gasteiger partial charge in [-0.05, 0) is 108 Å². The van der Waals surface area contributed by atoms with Crippen molar-refractivity contribution in [2.45, 2.75) is 19.3 Å². The molecule has 1 aliphatic rings. The number of anilines is 3. The normalized spacial score (nSPS) is 13.6. The van der Waals surface area contributed by atoms with Crippen LogP contribution in [0.4, 0.5) is 17.1 Å². The fourth-order valence-electron chi connectivity index (χ4n) is 8.49. The minimum Gasteiger partial charge on any atom is -0.310 e. The van der Waals surface area contributed by atoms with Crippen LogP contribution in [0.1, 0.15) is 30.5 Å². The fourth-order valence-corrected chi connectivity index (χ4v) is 8.49. The number of nitrogens with zero attached hydrogens (tertiary/aromatic N) is 1. The van der Waals surface area contributed by atoms with Crippen LogP contribution in [-0.2, 0) is 5.41 Å². The average Bonchev–Trinajstić information content (AvgIpc) is 3.52. The quantitative estimate of drug-likeness (QED) is 0.159. The van der Waals surface area contributed by atoms with E-state index in [1.807, 2.05) is 83.8 Å². The van der Waals surface area contributed by atoms with Crippen LogP contribution in [0.5, 0.6) is 0 Å². The highest BCUT2D eigenvalue weighted by molar-refractivity contribution is 5.97. The van der Waals surface area contributed by atoms with Crippen molar-refractivity contribution >= 4 is 27.8 Å². The molecule has 0 N–H and O–H groups in total. The van der Waals surface area contributed by atoms with Gasteiger partial charge < -0.3 is 4.90 Å². The molecule has 1 nitrogen and oxygen atoms in total. The molecule has 1 aliphatic carbocycles. The van der Waals surface area contributed by atoms with Gasteiger partial charge >= 0.3 is 0 Å². The van der Waals surface area contributed by atoms with Crippen LogP contribution in [-0.4, -0.2) is 0 Å². The summed E-state index contributed by atoms with van der Waals surface area (Å²) in [7, 11) is 0. The molecule has 0 spiro atoms. The Morgan fingerprint density at radius 1 is 0.375 bits per heavy atom. The van der Waals surface area contributed by atoms with E-state index in [1.54, 1.807) is 0 Å². The van der Waals surface area contributed by atoms with E-state index in [1.165, 1.54) is 11.1 Å². The van der Waals surface area contributed by atoms with Gasteiger partial charge in [-0.3, -0.25) is 0 Å². The predicted molar refractivity (Wildman–Crippen MR) is 238 cm³/mol. The van der Waals surface area contributed by atoms with Crippen molar-refractivity contribution in [3.63, 3.8) is 0 Å². The summed E-state index contributed by atoms with van der Waals surface area (Å²) in [5, 5.41) is 2.23. The van der Waals surface area contributed by atoms with Crippen LogP contribution in [0.2, 0.25) is 0 Å². The van der Waals surface area contributed by atoms with Crippen molar-refractivity contribution in [2.24, 2.45) is 0 Å². The van der Waals surface area contributed by atoms with Crippen molar-refractivity contribution < 1.29 is 5.48 Å². The van der Waals surface area contributed by atoms with Crippen molar-refractivity contribution in [1.29, 1.82) is 0 Å². The van der Waals surface area contributed by atoms with Crippen molar-refractivity contribution in [1.82, 2.24) is 0 Å². The molecule has 0 amide bonds. The molecule has 0 radical (unpaired) electrons. The van der Waals surface area contributed by atoms with Gasteiger partial charge in [0.15, 0.2) is 0 Å². The van der Waals surface area contributed by atoms with Gasteiger partial charge in [-0.15, -0.1) is 0 Å². The average molecular weight is 720 g/mol. The summed E-state index contributed by atoms with van der Waals surface area (Å²) in [6.45, 7) is 4.48. The van der Waals surface area contributed by atoms with Gasteiger partial charge in [-0.1, -0.05) is 190 Å². The molecule has 56 heavy (non-hydrogen) atoms. The van der Waals surface area contributed by atoms with Crippen LogP contribution in [0, 0.1) is 0 Å². The summed E-state index contributed by atoms with van der Waals surface area (Å²) in [5.74, 6) is 0. The molecule has 9 aromatic rings. The monoisotopic (exact) mass is 719 g/mol. The molecule has 0 fully saturated rings. The van der Waals surface area contributed by atoms with Gasteiger partial charge in [0.1, 0.15) is 0 Å². The molecule has 266 valence electrons. The van der Waals surface area contributed by atoms with E-state index in [0.29, 0.717) is 5.56 Å². The maximum absolute atomic E-state index is 9.78. The molecule has 0 bridgehead atoms. The maximum Gasteiger partial charge on any atom is 0.0645 e. The lowest BCUT2D eigenvalue weighted by molar-refractivity contribution is 0.660. The molecule has 9 aromatic carbocycles. The van der Waals surface area contributed by atoms with Gasteiger partial charge in [0.2, 0.25) is 0 Å². The third kappa shape index (κ3) is 5.81. The lowest BCUT2D eigenvalue weighted by Crippen LogP contribution is -2.16. The first-order valence-corrected chi connectivity index (χ1v) is 19.2. The summed E-state index contributed by atoms with van der Waals surface area (Å²) in [4.78, 5) is 1.94. The number of rotatable bonds is 7. The topological polar surface area (TPSA) is 3.24 Å². The van der Waals surface area contributed by atoms with Crippen LogP contribution < -0.4 is 4.90 Å². The molecular formula is C55H41N. The van der Waals surface area contributed by atoms with E-state index >= 15 is 0 Å². The first-order valence-electron chi connectivity index (χ1n) is 21.2. The molecule has 0 saturated carbocycles. The fraction of sp³-hybridized carbons (Fsp3) is 0.0545. The second-order valence-corrected chi connectivity index (χ2v) is 15.0. The minimum absolute atomic E-state index is 0.0929. The maximum atomic E-state index is 9.78. The Morgan fingerprint density at radius 2 is 0.964 bits per heavy atom. The minimum atomic E-state index is -0.298. The standard InChI is InChI=1S/C55H41N/c1-55(2)52-24-10-8-22-50(52)51-35-34-46(37-53(51)55)56(54-25-11-9-21-49(54)42-28-26-39(27-29-42)38-14-4-3-5-15-38)45-32-30-40(31-33-45)43-18-12-19-44(36-43)48-23-13-17-41-16-6-7-20-47(41)48/h3-37H,1-2H3/i30D,31D,32D,33D. The zero-order chi connectivity index (χ0) is 41.1. The molecule has 0 aliphatic heterocycles. The Bertz CT molecular complexity index is 3080. The highest BCUT2D eigenvalue weighted by Gasteiger charge is 2.35. The SMILES string of the molecule is [2H]c1c([2H])c(N(c2ccc3c(c2)C(C)(C)c2ccccc2-3)c2ccccc2-c2ccc(-c3ccccc3)cc2)c([2H])c([2H])c1-c1cccc(-c2cccc3ccccc23)c1. The molecule has 0 heterocycles. The molecule has 1 heteroatoms. The Labute approximate surface area is 335 Å². The van der Waals surface area contributed by atoms with Gasteiger partial charge in [0.05, 0.1) is 11.2 Å². The first-order chi connectivity index (χ1) is 29.2. The highest BCUT2D eigenvalue weighted by atomic mass is 15.1. The largest absolute Gasteiger partial charge is 0.310 e. The summed E-state index contributed by atoms with van der Waals surface area (Å²) in [5.41, 5.74) is 13.2. The lowest BCUT2D eigenvalue weighted by atomic mass is 9.82. The zero-order valence-corrected chi connectivity index (χ0v) is 31.3. The van der Waals surface area contributed by atoms with E-state index in [2.05, 4.69) is 123 Å². The van der Waals surface area contributed by atoms with Crippen LogP contribution in [0.3, 0.4) is 0 Å². The highest BCUT2D eigenvalue weighted by Crippen LogP contribution is 2.51. The van der Waals surface area contributed by atoms with Crippen molar-refractivity contribution in [3.8, 4) is 55.6 Å². The Kier molecular flexibility index (Phi) is 7.20. The van der Waals surface area contributed by atoms with Crippen LogP contribution >= 0.6 is 0 Å². The Balaban J connectivity index is 1.16. The van der Waals surface area contributed by atoms with Gasteiger partial charge in [0, 0.05) is 22.4 Å². The number of hydrogen-bond acceptors (Lipinski definition) is 1. The van der Waals surface area contributed by atoms with Crippen molar-refractivity contribution in [3.05, 3.63) is 223 Å². The summed E-state index contributed by atoms with van der Waals surface area (Å²) >= 11 is 0. The van der Waals surface area contributed by atoms with Gasteiger partial charge in [-0.25, -0.2) is 0 Å². The smallest absolute Gasteiger partial charge is 0.0645 e. The molecule has 0 unspecified atom stereocenters. The molecular weight excluding hydrogens is 675 g/mol. The van der Waals surface area contributed by atoms with E-state index in [-0.39, 0.29) is 40.8 Å². The number of fused-ring (bicyclic) bond motifs is 4. The van der Waals surface area contributed by atoms with Gasteiger partial charge in [0.25, 0.3) is 0 Å². The van der Waals surface area contributed by atoms with Crippen molar-refractivity contribution in [2.75, 3.05) is 4.90 Å². The molecule has 10 rings (SSSR count). The second-order valence-electron chi connectivity index (χ2n) is 15.0. The second kappa shape index (κ2) is 13.7. The van der Waals surface area contributed by atoms with E-state index in [4.69, 9.17) is 0 Å². The summed E-state index contributed by atoms with van der Waals surface area (Å²) in [6.07, 6.45) is 0. The zero-order valence-electron chi connectivity index (χ0n) is 35.3. The molecule has 0 aromatic heterocycles. The first kappa shape index (κ1) is 29.4. The number of para-hydroxylation sites is 1. The lowest BCUT2D eigenvalue weighted by Gasteiger charge is -2.30. The third-order valence-corrected chi connectivity index (χ3v) is 11.4. The predicted octanol–water partition coefficient (Wildman–Crippen LogP) is 15.3. The van der Waals surface area contributed by atoms with Crippen LogP contribution in [0.15, 0.2) is 212 Å². The van der Waals surface area contributed by atoms with Gasteiger partial charge in [-0.2, -0.15) is 0 Å². The van der Waals surface area contributed by atoms with E-state index < -0.39 is 0 Å². The molecule has 0 atom stereocenters. The summed E-state index contributed by atoms with van der Waals surface area (Å²) < 4.78 is 38.8. The third-order valence-electron chi connectivity index (χ3n) is 11.4. The Hall–Kier alpha value is -6.96. The Morgan fingerprint density at radius 3 is 1.80 bits per heavy atom. The van der Waals surface area contributed by atoms with E-state index in [0.717, 1.165) is 66.7 Å². The van der Waals surface area contributed by atoms with Crippen LogP contribution in [0.25, 0.3) is 66.4 Å². The summed E-state index contributed by atoms with van der Waals surface area (Å²) in [6, 6.07) is 63.6. The number of benzene rings is 9. The molecule has 0 saturated heterocycles. The van der Waals surface area contributed by atoms with E-state index in [9.17, 15) is 5.48 Å². The number of hydrogen-bond donors (Lipinski definition) is 0.